The highest BCUT2D eigenvalue weighted by molar-refractivity contribution is 5.88. The van der Waals surface area contributed by atoms with Gasteiger partial charge in [0.2, 0.25) is 0 Å². The largest absolute Gasteiger partial charge is 0.448 e. The summed E-state index contributed by atoms with van der Waals surface area (Å²) in [5.74, 6) is -1.23. The van der Waals surface area contributed by atoms with Crippen LogP contribution >= 0.6 is 0 Å². The van der Waals surface area contributed by atoms with Gasteiger partial charge in [0.15, 0.2) is 12.2 Å². The van der Waals surface area contributed by atoms with E-state index in [0.717, 1.165) is 0 Å². The van der Waals surface area contributed by atoms with Crippen LogP contribution in [-0.2, 0) is 9.47 Å². The van der Waals surface area contributed by atoms with E-state index < -0.39 is 24.1 Å². The molecular weight excluding hydrogens is 404 g/mol. The lowest BCUT2D eigenvalue weighted by Crippen LogP contribution is -2.24. The van der Waals surface area contributed by atoms with Gasteiger partial charge in [-0.05, 0) is 35.4 Å². The molecule has 6 nitrogen and oxygen atoms in total. The monoisotopic (exact) mass is 424 g/mol. The van der Waals surface area contributed by atoms with Gasteiger partial charge in [0.05, 0.1) is 0 Å². The van der Waals surface area contributed by atoms with E-state index in [1.165, 1.54) is 12.4 Å². The Labute approximate surface area is 185 Å². The summed E-state index contributed by atoms with van der Waals surface area (Å²) in [5.41, 5.74) is 1.69. The molecular formula is C26H20N2O4. The van der Waals surface area contributed by atoms with Crippen LogP contribution in [0.4, 0.5) is 0 Å². The zero-order valence-electron chi connectivity index (χ0n) is 17.1. The Balaban J connectivity index is 1.72. The number of hydrogen-bond acceptors (Lipinski definition) is 6. The molecule has 0 saturated carbocycles. The molecule has 0 spiro atoms. The third-order valence-electron chi connectivity index (χ3n) is 4.75. The van der Waals surface area contributed by atoms with Crippen molar-refractivity contribution < 1.29 is 19.1 Å². The number of rotatable bonds is 7. The Morgan fingerprint density at radius 3 is 1.25 bits per heavy atom. The molecule has 4 rings (SSSR count). The molecule has 0 saturated heterocycles. The van der Waals surface area contributed by atoms with Gasteiger partial charge in [-0.15, -0.1) is 0 Å². The number of pyridine rings is 2. The maximum Gasteiger partial charge on any atom is 0.357 e. The summed E-state index contributed by atoms with van der Waals surface area (Å²) < 4.78 is 11.8. The number of carbonyl (C=O) groups excluding carboxylic acids is 2. The second-order valence-corrected chi connectivity index (χ2v) is 6.90. The van der Waals surface area contributed by atoms with E-state index in [4.69, 9.17) is 9.47 Å². The smallest absolute Gasteiger partial charge is 0.357 e. The maximum absolute atomic E-state index is 12.9. The molecule has 0 fully saturated rings. The Bertz CT molecular complexity index is 1060. The van der Waals surface area contributed by atoms with Crippen LogP contribution in [0.1, 0.15) is 44.3 Å². The van der Waals surface area contributed by atoms with Gasteiger partial charge in [-0.3, -0.25) is 0 Å². The number of ether oxygens (including phenoxy) is 2. The molecule has 0 aliphatic carbocycles. The highest BCUT2D eigenvalue weighted by Crippen LogP contribution is 2.36. The standard InChI is InChI=1S/C26H20N2O4/c29-25(21-15-7-9-17-27-21)31-23(19-11-3-1-4-12-19)24(20-13-5-2-6-14-20)32-26(30)22-16-8-10-18-28-22/h1-18,23-24H/t23-,24-/m1/s1. The maximum atomic E-state index is 12.9. The van der Waals surface area contributed by atoms with Crippen LogP contribution in [0.15, 0.2) is 109 Å². The zero-order chi connectivity index (χ0) is 22.2. The lowest BCUT2D eigenvalue weighted by molar-refractivity contribution is -0.0394. The van der Waals surface area contributed by atoms with E-state index in [0.29, 0.717) is 11.1 Å². The minimum absolute atomic E-state index is 0.163. The molecule has 158 valence electrons. The predicted octanol–water partition coefficient (Wildman–Crippen LogP) is 4.97. The first-order valence-corrected chi connectivity index (χ1v) is 10.1. The Morgan fingerprint density at radius 1 is 0.531 bits per heavy atom. The van der Waals surface area contributed by atoms with Gasteiger partial charge >= 0.3 is 11.9 Å². The molecule has 0 amide bonds. The van der Waals surface area contributed by atoms with Gasteiger partial charge in [-0.1, -0.05) is 72.8 Å². The van der Waals surface area contributed by atoms with E-state index in [-0.39, 0.29) is 11.4 Å². The number of hydrogen-bond donors (Lipinski definition) is 0. The van der Waals surface area contributed by atoms with Gasteiger partial charge in [0.1, 0.15) is 11.4 Å². The van der Waals surface area contributed by atoms with Crippen LogP contribution in [0.2, 0.25) is 0 Å². The van der Waals surface area contributed by atoms with Crippen LogP contribution in [0, 0.1) is 0 Å². The van der Waals surface area contributed by atoms with Crippen LogP contribution in [-0.4, -0.2) is 21.9 Å². The lowest BCUT2D eigenvalue weighted by atomic mass is 9.97. The van der Waals surface area contributed by atoms with E-state index in [2.05, 4.69) is 9.97 Å². The molecule has 32 heavy (non-hydrogen) atoms. The first kappa shape index (κ1) is 20.9. The van der Waals surface area contributed by atoms with Crippen LogP contribution in [0.25, 0.3) is 0 Å². The fraction of sp³-hybridized carbons (Fsp3) is 0.0769. The zero-order valence-corrected chi connectivity index (χ0v) is 17.1. The summed E-state index contributed by atoms with van der Waals surface area (Å²) >= 11 is 0. The molecule has 2 atom stereocenters. The number of benzene rings is 2. The van der Waals surface area contributed by atoms with Crippen molar-refractivity contribution in [1.82, 2.24) is 9.97 Å². The molecule has 0 N–H and O–H groups in total. The van der Waals surface area contributed by atoms with E-state index in [1.54, 1.807) is 36.4 Å². The first-order valence-electron chi connectivity index (χ1n) is 10.1. The number of carbonyl (C=O) groups is 2. The Kier molecular flexibility index (Phi) is 6.63. The Morgan fingerprint density at radius 2 is 0.906 bits per heavy atom. The first-order chi connectivity index (χ1) is 15.7. The molecule has 2 aromatic carbocycles. The molecule has 0 aliphatic rings. The van der Waals surface area contributed by atoms with Crippen molar-refractivity contribution in [2.45, 2.75) is 12.2 Å². The van der Waals surface area contributed by atoms with Crippen LogP contribution in [0.5, 0.6) is 0 Å². The lowest BCUT2D eigenvalue weighted by Gasteiger charge is -2.27. The predicted molar refractivity (Wildman–Crippen MR) is 118 cm³/mol. The molecule has 4 aromatic rings. The normalized spacial score (nSPS) is 12.4. The number of nitrogens with zero attached hydrogens (tertiary/aromatic N) is 2. The summed E-state index contributed by atoms with van der Waals surface area (Å²) in [6, 6.07) is 28.3. The number of aromatic nitrogens is 2. The summed E-state index contributed by atoms with van der Waals surface area (Å²) in [5, 5.41) is 0. The fourth-order valence-electron chi connectivity index (χ4n) is 3.21. The van der Waals surface area contributed by atoms with Gasteiger partial charge in [-0.2, -0.15) is 0 Å². The van der Waals surface area contributed by atoms with Crippen LogP contribution in [0.3, 0.4) is 0 Å². The molecule has 0 unspecified atom stereocenters. The summed E-state index contributed by atoms with van der Waals surface area (Å²) in [4.78, 5) is 33.9. The van der Waals surface area contributed by atoms with E-state index >= 15 is 0 Å². The van der Waals surface area contributed by atoms with Crippen molar-refractivity contribution in [3.05, 3.63) is 132 Å². The highest BCUT2D eigenvalue weighted by atomic mass is 16.6. The SMILES string of the molecule is O=C(O[C@H](c1ccccc1)[C@H](OC(=O)c1ccccn1)c1ccccc1)c1ccccn1. The van der Waals surface area contributed by atoms with Crippen molar-refractivity contribution >= 4 is 11.9 Å². The minimum Gasteiger partial charge on any atom is -0.448 e. The molecule has 6 heteroatoms. The van der Waals surface area contributed by atoms with Crippen molar-refractivity contribution in [3.8, 4) is 0 Å². The van der Waals surface area contributed by atoms with Gasteiger partial charge in [0.25, 0.3) is 0 Å². The van der Waals surface area contributed by atoms with Crippen molar-refractivity contribution in [1.29, 1.82) is 0 Å². The van der Waals surface area contributed by atoms with Crippen molar-refractivity contribution in [2.75, 3.05) is 0 Å². The average molecular weight is 424 g/mol. The molecule has 0 aliphatic heterocycles. The van der Waals surface area contributed by atoms with E-state index in [9.17, 15) is 9.59 Å². The van der Waals surface area contributed by atoms with Crippen molar-refractivity contribution in [3.63, 3.8) is 0 Å². The van der Waals surface area contributed by atoms with E-state index in [1.807, 2.05) is 60.7 Å². The summed E-state index contributed by atoms with van der Waals surface area (Å²) in [7, 11) is 0. The van der Waals surface area contributed by atoms with Crippen LogP contribution < -0.4 is 0 Å². The second-order valence-electron chi connectivity index (χ2n) is 6.90. The number of esters is 2. The van der Waals surface area contributed by atoms with Crippen molar-refractivity contribution in [2.24, 2.45) is 0 Å². The molecule has 0 bridgehead atoms. The summed E-state index contributed by atoms with van der Waals surface area (Å²) in [6.45, 7) is 0. The third-order valence-corrected chi connectivity index (χ3v) is 4.75. The Hall–Kier alpha value is -4.32. The molecule has 0 radical (unpaired) electrons. The molecule has 2 heterocycles. The topological polar surface area (TPSA) is 78.4 Å². The average Bonchev–Trinajstić information content (AvgIpc) is 2.88. The second kappa shape index (κ2) is 10.1. The quantitative estimate of drug-likeness (QED) is 0.390. The van der Waals surface area contributed by atoms with Gasteiger partial charge < -0.3 is 9.47 Å². The van der Waals surface area contributed by atoms with Gasteiger partial charge in [-0.25, -0.2) is 19.6 Å². The highest BCUT2D eigenvalue weighted by Gasteiger charge is 2.33. The molecule has 2 aromatic heterocycles. The fourth-order valence-corrected chi connectivity index (χ4v) is 3.21. The third kappa shape index (κ3) is 5.05. The van der Waals surface area contributed by atoms with Gasteiger partial charge in [0, 0.05) is 12.4 Å². The summed E-state index contributed by atoms with van der Waals surface area (Å²) in [6.07, 6.45) is 1.23. The minimum atomic E-state index is -0.902.